The van der Waals surface area contributed by atoms with Gasteiger partial charge >= 0.3 is 0 Å². The number of methoxy groups -OCH3 is 2. The molecule has 0 saturated carbocycles. The van der Waals surface area contributed by atoms with Crippen LogP contribution >= 0.6 is 11.8 Å². The molecule has 1 N–H and O–H groups in total. The predicted molar refractivity (Wildman–Crippen MR) is 161 cm³/mol. The van der Waals surface area contributed by atoms with Crippen LogP contribution in [0.4, 0.5) is 0 Å². The molecule has 2 heterocycles. The van der Waals surface area contributed by atoms with Gasteiger partial charge in [-0.05, 0) is 66.6 Å². The lowest BCUT2D eigenvalue weighted by Crippen LogP contribution is -2.28. The SMILES string of the molecule is COc1ccc(C2=NN(C(=O)CSc3nnc(CNC(=O)c4cccc(C)c4)n3C)C(c3ccc(OC)cc3)C2)cc1. The lowest BCUT2D eigenvalue weighted by molar-refractivity contribution is -0.130. The summed E-state index contributed by atoms with van der Waals surface area (Å²) in [5.41, 5.74) is 4.32. The number of thioether (sulfide) groups is 1. The molecule has 0 fully saturated rings. The van der Waals surface area contributed by atoms with Crippen LogP contribution in [0.5, 0.6) is 11.5 Å². The van der Waals surface area contributed by atoms with Gasteiger partial charge in [0.15, 0.2) is 11.0 Å². The van der Waals surface area contributed by atoms with E-state index in [0.717, 1.165) is 33.9 Å². The largest absolute Gasteiger partial charge is 0.497 e. The first-order valence-electron chi connectivity index (χ1n) is 13.4. The number of nitrogens with one attached hydrogen (secondary N) is 1. The minimum Gasteiger partial charge on any atom is -0.497 e. The zero-order chi connectivity index (χ0) is 29.6. The summed E-state index contributed by atoms with van der Waals surface area (Å²) < 4.78 is 12.4. The molecule has 1 aliphatic rings. The van der Waals surface area contributed by atoms with E-state index in [2.05, 4.69) is 15.5 Å². The number of aromatic nitrogens is 3. The van der Waals surface area contributed by atoms with Crippen molar-refractivity contribution in [2.24, 2.45) is 12.1 Å². The van der Waals surface area contributed by atoms with Crippen molar-refractivity contribution in [3.63, 3.8) is 0 Å². The van der Waals surface area contributed by atoms with Crippen molar-refractivity contribution in [3.05, 3.63) is 101 Å². The lowest BCUT2D eigenvalue weighted by Gasteiger charge is -2.22. The Hall–Kier alpha value is -4.64. The number of benzene rings is 3. The van der Waals surface area contributed by atoms with E-state index in [1.807, 2.05) is 80.7 Å². The van der Waals surface area contributed by atoms with Crippen molar-refractivity contribution in [1.29, 1.82) is 0 Å². The Labute approximate surface area is 248 Å². The highest BCUT2D eigenvalue weighted by Gasteiger charge is 2.33. The minimum absolute atomic E-state index is 0.119. The molecule has 0 bridgehead atoms. The minimum atomic E-state index is -0.256. The Balaban J connectivity index is 1.27. The monoisotopic (exact) mass is 584 g/mol. The van der Waals surface area contributed by atoms with Crippen molar-refractivity contribution in [2.75, 3.05) is 20.0 Å². The average Bonchev–Trinajstić information content (AvgIpc) is 3.62. The molecule has 1 unspecified atom stereocenters. The molecule has 5 rings (SSSR count). The van der Waals surface area contributed by atoms with Gasteiger partial charge < -0.3 is 19.4 Å². The van der Waals surface area contributed by atoms with Gasteiger partial charge in [-0.15, -0.1) is 10.2 Å². The fourth-order valence-corrected chi connectivity index (χ4v) is 5.43. The molecule has 10 nitrogen and oxygen atoms in total. The number of nitrogens with zero attached hydrogens (tertiary/aromatic N) is 5. The smallest absolute Gasteiger partial charge is 0.253 e. The second kappa shape index (κ2) is 12.9. The Kier molecular flexibility index (Phi) is 8.87. The van der Waals surface area contributed by atoms with Gasteiger partial charge in [-0.3, -0.25) is 9.59 Å². The van der Waals surface area contributed by atoms with E-state index in [0.29, 0.717) is 23.0 Å². The summed E-state index contributed by atoms with van der Waals surface area (Å²) in [6.07, 6.45) is 0.573. The Bertz CT molecular complexity index is 1600. The summed E-state index contributed by atoms with van der Waals surface area (Å²) in [6.45, 7) is 2.16. The number of ether oxygens (including phenoxy) is 2. The molecule has 42 heavy (non-hydrogen) atoms. The first kappa shape index (κ1) is 28.9. The molecule has 0 saturated heterocycles. The zero-order valence-electron chi connectivity index (χ0n) is 23.9. The third-order valence-electron chi connectivity index (χ3n) is 7.03. The molecule has 0 spiro atoms. The Morgan fingerprint density at radius 3 is 2.33 bits per heavy atom. The number of amides is 2. The maximum absolute atomic E-state index is 13.6. The molecule has 1 aromatic heterocycles. The van der Waals surface area contributed by atoms with Crippen LogP contribution in [0.25, 0.3) is 0 Å². The lowest BCUT2D eigenvalue weighted by atomic mass is 9.98. The van der Waals surface area contributed by atoms with Crippen molar-refractivity contribution in [1.82, 2.24) is 25.1 Å². The summed E-state index contributed by atoms with van der Waals surface area (Å²) in [5.74, 6) is 1.87. The van der Waals surface area contributed by atoms with Crippen LogP contribution in [0.2, 0.25) is 0 Å². The molecular weight excluding hydrogens is 552 g/mol. The predicted octanol–water partition coefficient (Wildman–Crippen LogP) is 4.54. The fourth-order valence-electron chi connectivity index (χ4n) is 4.65. The Morgan fingerprint density at radius 2 is 1.67 bits per heavy atom. The van der Waals surface area contributed by atoms with Gasteiger partial charge in [0.1, 0.15) is 11.5 Å². The van der Waals surface area contributed by atoms with Crippen LogP contribution in [0.15, 0.2) is 83.1 Å². The number of carbonyl (C=O) groups is 2. The van der Waals surface area contributed by atoms with E-state index >= 15 is 0 Å². The molecule has 1 aliphatic heterocycles. The van der Waals surface area contributed by atoms with Gasteiger partial charge in [0.25, 0.3) is 11.8 Å². The average molecular weight is 585 g/mol. The van der Waals surface area contributed by atoms with Crippen molar-refractivity contribution in [2.45, 2.75) is 31.1 Å². The van der Waals surface area contributed by atoms with E-state index in [-0.39, 0.29) is 30.2 Å². The number of rotatable bonds is 10. The standard InChI is InChI=1S/C31H32N6O4S/c1-20-6-5-7-23(16-20)30(39)32-18-28-33-34-31(36(28)2)42-19-29(38)37-27(22-10-14-25(41-4)15-11-22)17-26(35-37)21-8-12-24(40-3)13-9-21/h5-16,27H,17-19H2,1-4H3,(H,32,39). The zero-order valence-corrected chi connectivity index (χ0v) is 24.7. The summed E-state index contributed by atoms with van der Waals surface area (Å²) >= 11 is 1.28. The van der Waals surface area contributed by atoms with E-state index < -0.39 is 0 Å². The Morgan fingerprint density at radius 1 is 0.976 bits per heavy atom. The second-order valence-corrected chi connectivity index (χ2v) is 10.7. The summed E-state index contributed by atoms with van der Waals surface area (Å²) in [7, 11) is 5.07. The van der Waals surface area contributed by atoms with Gasteiger partial charge in [-0.2, -0.15) is 5.10 Å². The normalized spacial score (nSPS) is 14.4. The summed E-state index contributed by atoms with van der Waals surface area (Å²) in [6, 6.07) is 22.5. The van der Waals surface area contributed by atoms with E-state index in [1.165, 1.54) is 11.8 Å². The molecule has 3 aromatic carbocycles. The molecule has 216 valence electrons. The van der Waals surface area contributed by atoms with Gasteiger partial charge in [-0.25, -0.2) is 5.01 Å². The van der Waals surface area contributed by atoms with Crippen LogP contribution in [-0.2, 0) is 18.4 Å². The number of hydrogen-bond acceptors (Lipinski definition) is 8. The van der Waals surface area contributed by atoms with Crippen molar-refractivity contribution < 1.29 is 19.1 Å². The first-order chi connectivity index (χ1) is 20.4. The topological polar surface area (TPSA) is 111 Å². The van der Waals surface area contributed by atoms with Gasteiger partial charge in [0.2, 0.25) is 0 Å². The molecule has 1 atom stereocenters. The molecule has 0 radical (unpaired) electrons. The molecule has 11 heteroatoms. The summed E-state index contributed by atoms with van der Waals surface area (Å²) in [4.78, 5) is 26.1. The van der Waals surface area contributed by atoms with E-state index in [9.17, 15) is 9.59 Å². The van der Waals surface area contributed by atoms with Crippen LogP contribution in [0.1, 0.15) is 45.3 Å². The van der Waals surface area contributed by atoms with Crippen molar-refractivity contribution in [3.8, 4) is 11.5 Å². The number of hydrazone groups is 1. The molecular formula is C31H32N6O4S. The van der Waals surface area contributed by atoms with Crippen LogP contribution in [0.3, 0.4) is 0 Å². The number of hydrogen-bond donors (Lipinski definition) is 1. The fraction of sp³-hybridized carbons (Fsp3) is 0.258. The quantitative estimate of drug-likeness (QED) is 0.273. The second-order valence-electron chi connectivity index (χ2n) is 9.81. The third-order valence-corrected chi connectivity index (χ3v) is 8.03. The van der Waals surface area contributed by atoms with Gasteiger partial charge in [0.05, 0.1) is 38.3 Å². The van der Waals surface area contributed by atoms with Crippen LogP contribution < -0.4 is 14.8 Å². The van der Waals surface area contributed by atoms with E-state index in [4.69, 9.17) is 14.6 Å². The third kappa shape index (κ3) is 6.46. The maximum atomic E-state index is 13.6. The van der Waals surface area contributed by atoms with E-state index in [1.54, 1.807) is 29.9 Å². The molecule has 0 aliphatic carbocycles. The van der Waals surface area contributed by atoms with Gasteiger partial charge in [0, 0.05) is 19.0 Å². The van der Waals surface area contributed by atoms with Crippen LogP contribution in [-0.4, -0.2) is 57.3 Å². The van der Waals surface area contributed by atoms with Crippen molar-refractivity contribution >= 4 is 29.3 Å². The highest BCUT2D eigenvalue weighted by Crippen LogP contribution is 2.34. The molecule has 4 aromatic rings. The number of aryl methyl sites for hydroxylation is 1. The van der Waals surface area contributed by atoms with Crippen LogP contribution in [0, 0.1) is 6.92 Å². The van der Waals surface area contributed by atoms with Gasteiger partial charge in [-0.1, -0.05) is 41.6 Å². The summed E-state index contributed by atoms with van der Waals surface area (Å²) in [5, 5.41) is 18.3. The maximum Gasteiger partial charge on any atom is 0.253 e. The molecule has 2 amide bonds. The highest BCUT2D eigenvalue weighted by molar-refractivity contribution is 7.99. The number of carbonyl (C=O) groups excluding carboxylic acids is 2. The highest BCUT2D eigenvalue weighted by atomic mass is 32.2. The first-order valence-corrected chi connectivity index (χ1v) is 14.4.